The maximum Gasteiger partial charge on any atom is 0.336 e. The van der Waals surface area contributed by atoms with Crippen molar-refractivity contribution < 1.29 is 19.1 Å². The van der Waals surface area contributed by atoms with Crippen LogP contribution in [-0.2, 0) is 9.59 Å². The fourth-order valence-corrected chi connectivity index (χ4v) is 3.78. The molecule has 1 N–H and O–H groups in total. The number of rotatable bonds is 4. The second kappa shape index (κ2) is 6.72. The van der Waals surface area contributed by atoms with Crippen molar-refractivity contribution in [2.24, 2.45) is 0 Å². The minimum absolute atomic E-state index is 0.119. The van der Waals surface area contributed by atoms with E-state index < -0.39 is 17.6 Å². The van der Waals surface area contributed by atoms with Crippen molar-refractivity contribution in [3.05, 3.63) is 76.6 Å². The molecule has 0 unspecified atom stereocenters. The number of nitrogens with zero attached hydrogens (tertiary/aromatic N) is 1. The smallest absolute Gasteiger partial charge is 0.336 e. The minimum atomic E-state index is -0.951. The van der Waals surface area contributed by atoms with Crippen LogP contribution in [0.5, 0.6) is 0 Å². The number of carbonyl (C=O) groups excluding carboxylic acids is 1. The second-order valence-corrected chi connectivity index (χ2v) is 6.63. The van der Waals surface area contributed by atoms with E-state index in [9.17, 15) is 19.5 Å². The normalized spacial score (nSPS) is 19.6. The van der Waals surface area contributed by atoms with Gasteiger partial charge in [0.05, 0.1) is 12.5 Å². The number of benzene rings is 2. The predicted molar refractivity (Wildman–Crippen MR) is 99.8 cm³/mol. The molecule has 1 saturated heterocycles. The summed E-state index contributed by atoms with van der Waals surface area (Å²) in [6.07, 6.45) is 0.108. The number of fused-ring (bicyclic) bond motifs is 1. The number of carbonyl (C=O) groups is 2. The van der Waals surface area contributed by atoms with Gasteiger partial charge in [-0.05, 0) is 29.8 Å². The van der Waals surface area contributed by atoms with Crippen LogP contribution in [0.15, 0.2) is 69.9 Å². The predicted octanol–water partition coefficient (Wildman–Crippen LogP) is 3.16. The summed E-state index contributed by atoms with van der Waals surface area (Å²) in [5.74, 6) is -1.27. The molecule has 3 aromatic rings. The van der Waals surface area contributed by atoms with Crippen molar-refractivity contribution >= 4 is 28.5 Å². The SMILES string of the molecule is O=C(O)C[C@H]1[C@H](c2ccccc2)CC(=O)N1c1ccc2oc(=O)ccc2c1. The van der Waals surface area contributed by atoms with Gasteiger partial charge in [0.25, 0.3) is 0 Å². The van der Waals surface area contributed by atoms with Gasteiger partial charge in [-0.2, -0.15) is 0 Å². The van der Waals surface area contributed by atoms with Gasteiger partial charge >= 0.3 is 11.6 Å². The van der Waals surface area contributed by atoms with E-state index in [4.69, 9.17) is 4.42 Å². The van der Waals surface area contributed by atoms with E-state index in [0.717, 1.165) is 5.56 Å². The van der Waals surface area contributed by atoms with Gasteiger partial charge in [-0.15, -0.1) is 0 Å². The van der Waals surface area contributed by atoms with Gasteiger partial charge in [-0.25, -0.2) is 4.79 Å². The Bertz CT molecular complexity index is 1070. The lowest BCUT2D eigenvalue weighted by Gasteiger charge is -2.27. The molecule has 2 heterocycles. The van der Waals surface area contributed by atoms with E-state index in [-0.39, 0.29) is 24.7 Å². The summed E-state index contributed by atoms with van der Waals surface area (Å²) in [7, 11) is 0. The standard InChI is InChI=1S/C21H17NO5/c23-19-11-16(13-4-2-1-3-5-13)17(12-20(24)25)22(19)15-7-8-18-14(10-15)6-9-21(26)27-18/h1-10,16-17H,11-12H2,(H,24,25)/t16-,17-/m0/s1. The van der Waals surface area contributed by atoms with E-state index in [2.05, 4.69) is 0 Å². The third kappa shape index (κ3) is 3.21. The molecule has 1 aliphatic rings. The maximum absolute atomic E-state index is 12.8. The summed E-state index contributed by atoms with van der Waals surface area (Å²) in [6.45, 7) is 0. The lowest BCUT2D eigenvalue weighted by molar-refractivity contribution is -0.137. The largest absolute Gasteiger partial charge is 0.481 e. The Morgan fingerprint density at radius 1 is 1.07 bits per heavy atom. The zero-order valence-electron chi connectivity index (χ0n) is 14.4. The van der Waals surface area contributed by atoms with Crippen LogP contribution in [0.4, 0.5) is 5.69 Å². The third-order valence-corrected chi connectivity index (χ3v) is 4.95. The third-order valence-electron chi connectivity index (χ3n) is 4.95. The lowest BCUT2D eigenvalue weighted by Crippen LogP contribution is -2.36. The Hall–Kier alpha value is -3.41. The van der Waals surface area contributed by atoms with Gasteiger partial charge in [-0.1, -0.05) is 30.3 Å². The van der Waals surface area contributed by atoms with Gasteiger partial charge < -0.3 is 14.4 Å². The summed E-state index contributed by atoms with van der Waals surface area (Å²) in [5.41, 5.74) is 1.53. The van der Waals surface area contributed by atoms with E-state index >= 15 is 0 Å². The molecule has 2 atom stereocenters. The average Bonchev–Trinajstić information content (AvgIpc) is 2.97. The molecule has 0 bridgehead atoms. The first-order valence-electron chi connectivity index (χ1n) is 8.65. The van der Waals surface area contributed by atoms with Crippen LogP contribution in [0.1, 0.15) is 24.3 Å². The summed E-state index contributed by atoms with van der Waals surface area (Å²) < 4.78 is 5.13. The second-order valence-electron chi connectivity index (χ2n) is 6.63. The van der Waals surface area contributed by atoms with Gasteiger partial charge in [0.1, 0.15) is 5.58 Å². The fraction of sp³-hybridized carbons (Fsp3) is 0.190. The molecular formula is C21H17NO5. The van der Waals surface area contributed by atoms with Crippen LogP contribution in [0, 0.1) is 0 Å². The zero-order valence-corrected chi connectivity index (χ0v) is 14.4. The molecule has 0 radical (unpaired) electrons. The molecule has 1 aromatic heterocycles. The molecule has 0 spiro atoms. The highest BCUT2D eigenvalue weighted by atomic mass is 16.4. The Morgan fingerprint density at radius 2 is 1.85 bits per heavy atom. The Balaban J connectivity index is 1.77. The molecule has 0 aliphatic carbocycles. The highest BCUT2D eigenvalue weighted by Crippen LogP contribution is 2.39. The summed E-state index contributed by atoms with van der Waals surface area (Å²) in [5, 5.41) is 10.1. The van der Waals surface area contributed by atoms with Crippen molar-refractivity contribution in [1.82, 2.24) is 0 Å². The first-order valence-corrected chi connectivity index (χ1v) is 8.65. The molecular weight excluding hydrogens is 346 g/mol. The number of hydrogen-bond acceptors (Lipinski definition) is 4. The fourth-order valence-electron chi connectivity index (χ4n) is 3.78. The van der Waals surface area contributed by atoms with Crippen LogP contribution in [-0.4, -0.2) is 23.0 Å². The van der Waals surface area contributed by atoms with Crippen molar-refractivity contribution in [2.75, 3.05) is 4.90 Å². The lowest BCUT2D eigenvalue weighted by atomic mass is 9.90. The summed E-state index contributed by atoms with van der Waals surface area (Å²) in [4.78, 5) is 37.2. The summed E-state index contributed by atoms with van der Waals surface area (Å²) >= 11 is 0. The molecule has 27 heavy (non-hydrogen) atoms. The molecule has 1 amide bonds. The van der Waals surface area contributed by atoms with E-state index in [0.29, 0.717) is 16.7 Å². The molecule has 6 heteroatoms. The molecule has 2 aromatic carbocycles. The van der Waals surface area contributed by atoms with E-state index in [1.807, 2.05) is 30.3 Å². The van der Waals surface area contributed by atoms with Crippen molar-refractivity contribution in [3.8, 4) is 0 Å². The van der Waals surface area contributed by atoms with E-state index in [1.54, 1.807) is 29.2 Å². The van der Waals surface area contributed by atoms with Gasteiger partial charge in [0, 0.05) is 29.5 Å². The topological polar surface area (TPSA) is 87.8 Å². The molecule has 4 rings (SSSR count). The maximum atomic E-state index is 12.8. The highest BCUT2D eigenvalue weighted by molar-refractivity contribution is 5.99. The Labute approximate surface area is 154 Å². The monoisotopic (exact) mass is 363 g/mol. The zero-order chi connectivity index (χ0) is 19.0. The van der Waals surface area contributed by atoms with Crippen molar-refractivity contribution in [2.45, 2.75) is 24.8 Å². The van der Waals surface area contributed by atoms with Crippen LogP contribution in [0.3, 0.4) is 0 Å². The van der Waals surface area contributed by atoms with Crippen molar-refractivity contribution in [1.29, 1.82) is 0 Å². The van der Waals surface area contributed by atoms with Gasteiger partial charge in [0.2, 0.25) is 5.91 Å². The number of anilines is 1. The number of hydrogen-bond donors (Lipinski definition) is 1. The first kappa shape index (κ1) is 17.0. The van der Waals surface area contributed by atoms with Crippen LogP contribution in [0.25, 0.3) is 11.0 Å². The van der Waals surface area contributed by atoms with E-state index in [1.165, 1.54) is 6.07 Å². The number of aliphatic carboxylic acids is 1. The number of carboxylic acids is 1. The molecule has 6 nitrogen and oxygen atoms in total. The van der Waals surface area contributed by atoms with Crippen LogP contribution < -0.4 is 10.5 Å². The first-order chi connectivity index (χ1) is 13.0. The summed E-state index contributed by atoms with van der Waals surface area (Å²) in [6, 6.07) is 17.0. The molecule has 0 saturated carbocycles. The number of amides is 1. The number of carboxylic acid groups (broad SMARTS) is 1. The van der Waals surface area contributed by atoms with Gasteiger partial charge in [0.15, 0.2) is 0 Å². The molecule has 1 fully saturated rings. The van der Waals surface area contributed by atoms with Gasteiger partial charge in [-0.3, -0.25) is 9.59 Å². The average molecular weight is 363 g/mol. The molecule has 1 aliphatic heterocycles. The van der Waals surface area contributed by atoms with Crippen LogP contribution in [0.2, 0.25) is 0 Å². The Morgan fingerprint density at radius 3 is 2.59 bits per heavy atom. The quantitative estimate of drug-likeness (QED) is 0.720. The minimum Gasteiger partial charge on any atom is -0.481 e. The molecule has 136 valence electrons. The van der Waals surface area contributed by atoms with Crippen molar-refractivity contribution in [3.63, 3.8) is 0 Å². The van der Waals surface area contributed by atoms with Crippen LogP contribution >= 0.6 is 0 Å². The highest BCUT2D eigenvalue weighted by Gasteiger charge is 2.42. The Kier molecular flexibility index (Phi) is 4.24.